The number of piperidine rings is 1. The lowest BCUT2D eigenvalue weighted by Crippen LogP contribution is -2.52. The number of amides is 2. The number of likely N-dealkylation sites (tertiary alicyclic amines) is 1. The molecule has 0 atom stereocenters. The molecule has 36 heavy (non-hydrogen) atoms. The molecule has 0 saturated carbocycles. The predicted molar refractivity (Wildman–Crippen MR) is 140 cm³/mol. The number of urea groups is 1. The molecule has 0 aliphatic carbocycles. The number of hydrogen-bond donors (Lipinski definition) is 0. The minimum Gasteiger partial charge on any atom is -0.497 e. The Kier molecular flexibility index (Phi) is 6.15. The molecule has 3 aliphatic heterocycles. The van der Waals surface area contributed by atoms with E-state index in [9.17, 15) is 4.79 Å². The van der Waals surface area contributed by atoms with Crippen molar-refractivity contribution in [2.45, 2.75) is 50.7 Å². The molecule has 2 aromatic carbocycles. The van der Waals surface area contributed by atoms with Gasteiger partial charge in [-0.3, -0.25) is 9.80 Å². The second-order valence-electron chi connectivity index (χ2n) is 10.7. The first-order valence-corrected chi connectivity index (χ1v) is 12.6. The summed E-state index contributed by atoms with van der Waals surface area (Å²) < 4.78 is 16.8. The Bertz CT molecular complexity index is 1200. The zero-order valence-corrected chi connectivity index (χ0v) is 22.3. The lowest BCUT2D eigenvalue weighted by Gasteiger charge is -2.43. The van der Waals surface area contributed by atoms with Crippen molar-refractivity contribution in [1.29, 1.82) is 0 Å². The van der Waals surface area contributed by atoms with Crippen LogP contribution in [0.15, 0.2) is 48.2 Å². The number of nitrogens with zero attached hydrogens (tertiary/aromatic N) is 3. The Labute approximate surface area is 214 Å². The summed E-state index contributed by atoms with van der Waals surface area (Å²) >= 11 is 0. The number of carbonyl (C=O) groups excluding carboxylic acids is 1. The van der Waals surface area contributed by atoms with Gasteiger partial charge in [0.15, 0.2) is 0 Å². The maximum absolute atomic E-state index is 13.7. The summed E-state index contributed by atoms with van der Waals surface area (Å²) in [6.45, 7) is 7.66. The average molecular weight is 492 g/mol. The quantitative estimate of drug-likeness (QED) is 0.602. The normalized spacial score (nSPS) is 20.5. The number of hydrogen-bond acceptors (Lipinski definition) is 5. The van der Waals surface area contributed by atoms with Crippen LogP contribution in [-0.2, 0) is 18.5 Å². The first kappa shape index (κ1) is 24.5. The van der Waals surface area contributed by atoms with Crippen LogP contribution in [0.1, 0.15) is 43.4 Å². The van der Waals surface area contributed by atoms with Crippen molar-refractivity contribution in [3.8, 4) is 17.2 Å². The molecule has 0 unspecified atom stereocenters. The number of likely N-dealkylation sites (N-methyl/N-ethyl adjacent to an activating group) is 1. The highest BCUT2D eigenvalue weighted by molar-refractivity contribution is 5.83. The summed E-state index contributed by atoms with van der Waals surface area (Å²) in [4.78, 5) is 20.1. The number of ether oxygens (including phenoxy) is 3. The van der Waals surface area contributed by atoms with Gasteiger partial charge in [0.05, 0.1) is 33.4 Å². The van der Waals surface area contributed by atoms with Crippen LogP contribution in [0.5, 0.6) is 17.2 Å². The molecule has 0 radical (unpaired) electrons. The number of methoxy groups -OCH3 is 3. The van der Waals surface area contributed by atoms with Crippen LogP contribution in [0, 0.1) is 0 Å². The van der Waals surface area contributed by atoms with E-state index in [4.69, 9.17) is 14.2 Å². The van der Waals surface area contributed by atoms with Crippen LogP contribution < -0.4 is 14.2 Å². The van der Waals surface area contributed by atoms with Crippen molar-refractivity contribution in [1.82, 2.24) is 14.7 Å². The topological polar surface area (TPSA) is 54.5 Å². The number of rotatable bonds is 5. The fraction of sp³-hybridized carbons (Fsp3) is 0.483. The smallest absolute Gasteiger partial charge is 0.325 e. The second kappa shape index (κ2) is 9.04. The van der Waals surface area contributed by atoms with E-state index in [1.165, 1.54) is 5.56 Å². The summed E-state index contributed by atoms with van der Waals surface area (Å²) in [5.74, 6) is 2.43. The molecule has 0 N–H and O–H groups in total. The highest BCUT2D eigenvalue weighted by Crippen LogP contribution is 2.50. The van der Waals surface area contributed by atoms with Crippen LogP contribution >= 0.6 is 0 Å². The number of allylic oxidation sites excluding steroid dienone is 1. The van der Waals surface area contributed by atoms with E-state index in [0.29, 0.717) is 6.54 Å². The fourth-order valence-corrected chi connectivity index (χ4v) is 6.32. The van der Waals surface area contributed by atoms with E-state index >= 15 is 0 Å². The third kappa shape index (κ3) is 3.90. The Hall–Kier alpha value is -3.19. The molecule has 1 spiro atoms. The Morgan fingerprint density at radius 2 is 1.67 bits per heavy atom. The van der Waals surface area contributed by atoms with Gasteiger partial charge < -0.3 is 19.1 Å². The van der Waals surface area contributed by atoms with E-state index < -0.39 is 0 Å². The van der Waals surface area contributed by atoms with E-state index in [1.54, 1.807) is 21.3 Å². The molecular formula is C29H37N3O4. The number of fused-ring (bicyclic) bond motifs is 3. The Morgan fingerprint density at radius 1 is 0.944 bits per heavy atom. The average Bonchev–Trinajstić information content (AvgIpc) is 2.98. The first-order valence-electron chi connectivity index (χ1n) is 12.6. The summed E-state index contributed by atoms with van der Waals surface area (Å²) in [6, 6.07) is 12.3. The highest BCUT2D eigenvalue weighted by atomic mass is 16.5. The SMILES string of the molecule is COc1cccc(CN2CCC3(CC2)C2=CC(C)(C)c4c(cc(OC)cc4OC)CN2C(=O)N3C)c1. The van der Waals surface area contributed by atoms with Gasteiger partial charge >= 0.3 is 6.03 Å². The fourth-order valence-electron chi connectivity index (χ4n) is 6.32. The van der Waals surface area contributed by atoms with E-state index in [-0.39, 0.29) is 17.0 Å². The van der Waals surface area contributed by atoms with Gasteiger partial charge in [0.25, 0.3) is 0 Å². The molecule has 2 saturated heterocycles. The molecule has 2 fully saturated rings. The van der Waals surface area contributed by atoms with Gasteiger partial charge in [-0.15, -0.1) is 0 Å². The molecule has 3 aliphatic rings. The molecule has 5 rings (SSSR count). The largest absolute Gasteiger partial charge is 0.497 e. The van der Waals surface area contributed by atoms with Crippen LogP contribution in [-0.4, -0.2) is 67.7 Å². The molecule has 0 bridgehead atoms. The number of carbonyl (C=O) groups is 1. The first-order chi connectivity index (χ1) is 17.2. The third-order valence-electron chi connectivity index (χ3n) is 8.23. The van der Waals surface area contributed by atoms with Crippen LogP contribution in [0.4, 0.5) is 4.79 Å². The van der Waals surface area contributed by atoms with Gasteiger partial charge in [-0.05, 0) is 42.2 Å². The molecule has 7 nitrogen and oxygen atoms in total. The maximum Gasteiger partial charge on any atom is 0.325 e. The minimum atomic E-state index is -0.312. The Morgan fingerprint density at radius 3 is 2.33 bits per heavy atom. The molecule has 7 heteroatoms. The van der Waals surface area contributed by atoms with Crippen molar-refractivity contribution >= 4 is 6.03 Å². The van der Waals surface area contributed by atoms with Gasteiger partial charge in [0.1, 0.15) is 17.2 Å². The molecular weight excluding hydrogens is 454 g/mol. The zero-order chi connectivity index (χ0) is 25.7. The van der Waals surface area contributed by atoms with Gasteiger partial charge in [0, 0.05) is 49.4 Å². The second-order valence-corrected chi connectivity index (χ2v) is 10.7. The zero-order valence-electron chi connectivity index (χ0n) is 22.3. The lowest BCUT2D eigenvalue weighted by molar-refractivity contribution is 0.0998. The monoisotopic (exact) mass is 491 g/mol. The summed E-state index contributed by atoms with van der Waals surface area (Å²) in [5, 5.41) is 0. The third-order valence-corrected chi connectivity index (χ3v) is 8.23. The van der Waals surface area contributed by atoms with Crippen LogP contribution in [0.3, 0.4) is 0 Å². The summed E-state index contributed by atoms with van der Waals surface area (Å²) in [6.07, 6.45) is 4.11. The van der Waals surface area contributed by atoms with Gasteiger partial charge in [-0.1, -0.05) is 32.1 Å². The van der Waals surface area contributed by atoms with E-state index in [2.05, 4.69) is 37.0 Å². The molecule has 2 aromatic rings. The van der Waals surface area contributed by atoms with Crippen molar-refractivity contribution < 1.29 is 19.0 Å². The van der Waals surface area contributed by atoms with Gasteiger partial charge in [0.2, 0.25) is 0 Å². The molecule has 3 heterocycles. The lowest BCUT2D eigenvalue weighted by atomic mass is 9.77. The molecule has 0 aromatic heterocycles. The van der Waals surface area contributed by atoms with Crippen molar-refractivity contribution in [2.75, 3.05) is 41.5 Å². The highest BCUT2D eigenvalue weighted by Gasteiger charge is 2.54. The summed E-state index contributed by atoms with van der Waals surface area (Å²) in [5.41, 5.74) is 3.93. The molecule has 192 valence electrons. The minimum absolute atomic E-state index is 0.0629. The van der Waals surface area contributed by atoms with Gasteiger partial charge in [-0.2, -0.15) is 0 Å². The Balaban J connectivity index is 1.46. The maximum atomic E-state index is 13.7. The van der Waals surface area contributed by atoms with Crippen LogP contribution in [0.25, 0.3) is 0 Å². The van der Waals surface area contributed by atoms with Crippen molar-refractivity contribution in [3.63, 3.8) is 0 Å². The number of benzene rings is 2. The van der Waals surface area contributed by atoms with Gasteiger partial charge in [-0.25, -0.2) is 4.79 Å². The van der Waals surface area contributed by atoms with Crippen molar-refractivity contribution in [2.24, 2.45) is 0 Å². The van der Waals surface area contributed by atoms with Crippen LogP contribution in [0.2, 0.25) is 0 Å². The predicted octanol–water partition coefficient (Wildman–Crippen LogP) is 4.79. The van der Waals surface area contributed by atoms with Crippen molar-refractivity contribution in [3.05, 3.63) is 64.9 Å². The summed E-state index contributed by atoms with van der Waals surface area (Å²) in [7, 11) is 7.03. The van der Waals surface area contributed by atoms with E-state index in [0.717, 1.165) is 66.5 Å². The standard InChI is InChI=1S/C29H37N3O4/c1-28(2)17-25-29(10-12-31(13-11-29)18-20-8-7-9-22(14-20)34-4)30(3)27(33)32(25)19-21-15-23(35-5)16-24(36-6)26(21)28/h7-9,14-17H,10-13,18-19H2,1-6H3. The molecule has 2 amide bonds. The van der Waals surface area contributed by atoms with E-state index in [1.807, 2.05) is 41.1 Å².